The third-order valence-corrected chi connectivity index (χ3v) is 4.60. The van der Waals surface area contributed by atoms with Crippen molar-refractivity contribution in [2.24, 2.45) is 5.10 Å². The van der Waals surface area contributed by atoms with Crippen LogP contribution in [0.2, 0.25) is 0 Å². The summed E-state index contributed by atoms with van der Waals surface area (Å²) in [5.74, 6) is -0.532. The van der Waals surface area contributed by atoms with Gasteiger partial charge in [0.1, 0.15) is 5.82 Å². The Kier molecular flexibility index (Phi) is 4.30. The lowest BCUT2D eigenvalue weighted by Gasteiger charge is -2.19. The van der Waals surface area contributed by atoms with Gasteiger partial charge in [-0.3, -0.25) is 4.79 Å². The molecule has 0 spiro atoms. The zero-order chi connectivity index (χ0) is 20.0. The molecular weight excluding hydrogens is 439 g/mol. The molecule has 1 aliphatic heterocycles. The van der Waals surface area contributed by atoms with Gasteiger partial charge in [-0.1, -0.05) is 11.3 Å². The van der Waals surface area contributed by atoms with Crippen molar-refractivity contribution in [3.05, 3.63) is 45.4 Å². The molecule has 13 heteroatoms. The van der Waals surface area contributed by atoms with E-state index in [0.717, 1.165) is 5.01 Å². The van der Waals surface area contributed by atoms with E-state index in [4.69, 9.17) is 10.5 Å². The summed E-state index contributed by atoms with van der Waals surface area (Å²) in [4.78, 5) is 12.0. The first-order valence-corrected chi connectivity index (χ1v) is 8.67. The highest BCUT2D eigenvalue weighted by Crippen LogP contribution is 2.32. The number of amides is 1. The van der Waals surface area contributed by atoms with Gasteiger partial charge in [0.25, 0.3) is 5.90 Å². The number of aromatic nitrogens is 5. The molecule has 0 radical (unpaired) electrons. The lowest BCUT2D eigenvalue weighted by Crippen LogP contribution is -2.25. The number of hydrogen-bond acceptors (Lipinski definition) is 9. The lowest BCUT2D eigenvalue weighted by molar-refractivity contribution is -0.135. The second kappa shape index (κ2) is 6.67. The SMILES string of the molecule is CC(=O)N1N=C(c2nnn(-c3nonc3N)c2C)O[C@@H]1c1ccc(F)c(Br)c1. The van der Waals surface area contributed by atoms with Crippen molar-refractivity contribution in [1.29, 1.82) is 0 Å². The molecule has 0 fully saturated rings. The van der Waals surface area contributed by atoms with E-state index in [0.29, 0.717) is 11.3 Å². The van der Waals surface area contributed by atoms with E-state index in [9.17, 15) is 9.18 Å². The minimum Gasteiger partial charge on any atom is -0.444 e. The van der Waals surface area contributed by atoms with Gasteiger partial charge in [0.05, 0.1) is 10.2 Å². The van der Waals surface area contributed by atoms with Crippen LogP contribution in [0.15, 0.2) is 32.4 Å². The number of halogens is 2. The minimum absolute atomic E-state index is 0.0354. The summed E-state index contributed by atoms with van der Waals surface area (Å²) in [7, 11) is 0. The average Bonchev–Trinajstić information content (AvgIpc) is 3.35. The molecule has 4 rings (SSSR count). The van der Waals surface area contributed by atoms with Crippen LogP contribution in [0.4, 0.5) is 10.2 Å². The molecule has 0 bridgehead atoms. The van der Waals surface area contributed by atoms with Crippen molar-refractivity contribution in [3.63, 3.8) is 0 Å². The van der Waals surface area contributed by atoms with Crippen molar-refractivity contribution < 1.29 is 18.6 Å². The quantitative estimate of drug-likeness (QED) is 0.635. The molecule has 3 heterocycles. The first-order valence-electron chi connectivity index (χ1n) is 7.88. The maximum atomic E-state index is 13.6. The van der Waals surface area contributed by atoms with Crippen LogP contribution >= 0.6 is 15.9 Å². The molecule has 1 aliphatic rings. The molecule has 11 nitrogen and oxygen atoms in total. The van der Waals surface area contributed by atoms with Crippen molar-refractivity contribution in [1.82, 2.24) is 30.3 Å². The molecule has 0 saturated heterocycles. The molecular formula is C15H12BrFN8O3. The summed E-state index contributed by atoms with van der Waals surface area (Å²) < 4.78 is 25.5. The molecule has 1 atom stereocenters. The van der Waals surface area contributed by atoms with E-state index >= 15 is 0 Å². The van der Waals surface area contributed by atoms with E-state index in [-0.39, 0.29) is 33.6 Å². The van der Waals surface area contributed by atoms with E-state index < -0.39 is 12.0 Å². The van der Waals surface area contributed by atoms with Gasteiger partial charge < -0.3 is 10.5 Å². The van der Waals surface area contributed by atoms with Crippen LogP contribution in [0.5, 0.6) is 0 Å². The lowest BCUT2D eigenvalue weighted by atomic mass is 10.2. The first-order chi connectivity index (χ1) is 13.4. The van der Waals surface area contributed by atoms with Gasteiger partial charge in [-0.05, 0) is 45.3 Å². The highest BCUT2D eigenvalue weighted by molar-refractivity contribution is 9.10. The second-order valence-electron chi connectivity index (χ2n) is 5.82. The topological polar surface area (TPSA) is 138 Å². The van der Waals surface area contributed by atoms with Crippen LogP contribution < -0.4 is 5.73 Å². The highest BCUT2D eigenvalue weighted by atomic mass is 79.9. The highest BCUT2D eigenvalue weighted by Gasteiger charge is 2.36. The second-order valence-corrected chi connectivity index (χ2v) is 6.68. The summed E-state index contributed by atoms with van der Waals surface area (Å²) in [5, 5.41) is 20.5. The van der Waals surface area contributed by atoms with Crippen LogP contribution in [0.3, 0.4) is 0 Å². The number of hydrogen-bond donors (Lipinski definition) is 1. The van der Waals surface area contributed by atoms with E-state index in [1.165, 1.54) is 29.8 Å². The van der Waals surface area contributed by atoms with Gasteiger partial charge in [-0.2, -0.15) is 9.69 Å². The predicted octanol–water partition coefficient (Wildman–Crippen LogP) is 1.68. The van der Waals surface area contributed by atoms with Crippen LogP contribution in [0, 0.1) is 12.7 Å². The number of carbonyl (C=O) groups excluding carboxylic acids is 1. The number of benzene rings is 1. The molecule has 28 heavy (non-hydrogen) atoms. The van der Waals surface area contributed by atoms with Crippen LogP contribution in [-0.2, 0) is 9.53 Å². The Morgan fingerprint density at radius 3 is 2.79 bits per heavy atom. The number of rotatable bonds is 3. The molecule has 2 N–H and O–H groups in total. The normalized spacial score (nSPS) is 16.2. The summed E-state index contributed by atoms with van der Waals surface area (Å²) in [6, 6.07) is 4.28. The number of ether oxygens (including phenoxy) is 1. The number of hydrazone groups is 1. The number of anilines is 1. The summed E-state index contributed by atoms with van der Waals surface area (Å²) in [5.41, 5.74) is 6.98. The Morgan fingerprint density at radius 1 is 1.36 bits per heavy atom. The van der Waals surface area contributed by atoms with Crippen LogP contribution in [0.25, 0.3) is 5.82 Å². The minimum atomic E-state index is -0.882. The standard InChI is InChI=1S/C15H12BrFN8O3/c1-6-11(19-23-24(6)13-12(18)21-28-22-13)14-20-25(7(2)26)15(27-14)8-3-4-10(17)9(16)5-8/h3-5,15H,1-2H3,(H2,18,21)/t15-/m1/s1. The van der Waals surface area contributed by atoms with Gasteiger partial charge in [0, 0.05) is 12.5 Å². The monoisotopic (exact) mass is 450 g/mol. The van der Waals surface area contributed by atoms with Crippen molar-refractivity contribution in [3.8, 4) is 5.82 Å². The fraction of sp³-hybridized carbons (Fsp3) is 0.200. The zero-order valence-corrected chi connectivity index (χ0v) is 16.1. The van der Waals surface area contributed by atoms with Crippen molar-refractivity contribution in [2.75, 3.05) is 5.73 Å². The maximum Gasteiger partial charge on any atom is 0.263 e. The fourth-order valence-corrected chi connectivity index (χ4v) is 3.01. The van der Waals surface area contributed by atoms with Crippen molar-refractivity contribution >= 4 is 33.6 Å². The molecule has 3 aromatic rings. The molecule has 2 aromatic heterocycles. The Hall–Kier alpha value is -3.35. The number of nitrogens with zero attached hydrogens (tertiary/aromatic N) is 7. The largest absolute Gasteiger partial charge is 0.444 e. The van der Waals surface area contributed by atoms with Crippen LogP contribution in [0.1, 0.15) is 30.1 Å². The summed E-state index contributed by atoms with van der Waals surface area (Å²) >= 11 is 3.12. The Morgan fingerprint density at radius 2 is 2.14 bits per heavy atom. The zero-order valence-electron chi connectivity index (χ0n) is 14.5. The Bertz CT molecular complexity index is 1110. The Labute approximate surface area is 165 Å². The molecule has 0 saturated carbocycles. The molecule has 0 aliphatic carbocycles. The Balaban J connectivity index is 1.71. The third kappa shape index (κ3) is 2.89. The van der Waals surface area contributed by atoms with Crippen molar-refractivity contribution in [2.45, 2.75) is 20.1 Å². The van der Waals surface area contributed by atoms with Gasteiger partial charge in [0.2, 0.25) is 23.8 Å². The maximum absolute atomic E-state index is 13.6. The average molecular weight is 451 g/mol. The predicted molar refractivity (Wildman–Crippen MR) is 95.3 cm³/mol. The number of carbonyl (C=O) groups is 1. The summed E-state index contributed by atoms with van der Waals surface area (Å²) in [6.07, 6.45) is -0.882. The summed E-state index contributed by atoms with van der Waals surface area (Å²) in [6.45, 7) is 3.03. The third-order valence-electron chi connectivity index (χ3n) is 3.99. The van der Waals surface area contributed by atoms with E-state index in [1.54, 1.807) is 6.92 Å². The number of nitrogen functional groups attached to an aromatic ring is 1. The molecule has 1 aromatic carbocycles. The van der Waals surface area contributed by atoms with E-state index in [1.807, 2.05) is 0 Å². The smallest absolute Gasteiger partial charge is 0.263 e. The van der Waals surface area contributed by atoms with Gasteiger partial charge in [-0.15, -0.1) is 10.2 Å². The number of nitrogens with two attached hydrogens (primary N) is 1. The molecule has 1 amide bonds. The van der Waals surface area contributed by atoms with Gasteiger partial charge in [-0.25, -0.2) is 9.02 Å². The fourth-order valence-electron chi connectivity index (χ4n) is 2.61. The first kappa shape index (κ1) is 18.0. The molecule has 144 valence electrons. The molecule has 0 unspecified atom stereocenters. The van der Waals surface area contributed by atoms with E-state index in [2.05, 4.69) is 46.3 Å². The van der Waals surface area contributed by atoms with Gasteiger partial charge >= 0.3 is 0 Å². The van der Waals surface area contributed by atoms with Crippen LogP contribution in [-0.4, -0.2) is 42.1 Å². The van der Waals surface area contributed by atoms with Gasteiger partial charge in [0.15, 0.2) is 5.69 Å².